The van der Waals surface area contributed by atoms with Gasteiger partial charge in [0.05, 0.1) is 25.6 Å². The Morgan fingerprint density at radius 2 is 1.86 bits per heavy atom. The molecule has 1 N–H and O–H groups in total. The maximum absolute atomic E-state index is 13.7. The molecule has 154 valence electrons. The van der Waals surface area contributed by atoms with Gasteiger partial charge < -0.3 is 14.8 Å². The highest BCUT2D eigenvalue weighted by molar-refractivity contribution is 5.86. The van der Waals surface area contributed by atoms with E-state index in [2.05, 4.69) is 10.1 Å². The molecule has 0 saturated carbocycles. The second-order valence-electron chi connectivity index (χ2n) is 6.01. The van der Waals surface area contributed by atoms with E-state index in [9.17, 15) is 28.5 Å². The van der Waals surface area contributed by atoms with Crippen LogP contribution in [0, 0.1) is 21.7 Å². The van der Waals surface area contributed by atoms with Crippen molar-refractivity contribution in [3.8, 4) is 5.75 Å². The molecule has 0 bridgehead atoms. The minimum absolute atomic E-state index is 0.0551. The Hall–Kier alpha value is -3.56. The number of nitrogens with one attached hydrogen (secondary N) is 1. The molecule has 1 atom stereocenters. The summed E-state index contributed by atoms with van der Waals surface area (Å²) in [4.78, 5) is 34.8. The van der Waals surface area contributed by atoms with Crippen LogP contribution in [0.25, 0.3) is 0 Å². The lowest BCUT2D eigenvalue weighted by Gasteiger charge is -2.18. The fourth-order valence-corrected chi connectivity index (χ4v) is 2.68. The Labute approximate surface area is 164 Å². The Morgan fingerprint density at radius 3 is 2.45 bits per heavy atom. The highest BCUT2D eigenvalue weighted by Crippen LogP contribution is 2.25. The number of nitro benzene ring substituents is 1. The van der Waals surface area contributed by atoms with Crippen LogP contribution in [0.15, 0.2) is 36.4 Å². The van der Waals surface area contributed by atoms with E-state index < -0.39 is 40.9 Å². The van der Waals surface area contributed by atoms with Crippen LogP contribution >= 0.6 is 0 Å². The first-order valence-electron chi connectivity index (χ1n) is 8.37. The minimum Gasteiger partial charge on any atom is -0.496 e. The number of nitrogens with zero attached hydrogens (tertiary/aromatic N) is 1. The van der Waals surface area contributed by atoms with Crippen molar-refractivity contribution in [1.29, 1.82) is 0 Å². The van der Waals surface area contributed by atoms with Crippen molar-refractivity contribution in [2.75, 3.05) is 14.2 Å². The molecule has 2 aromatic carbocycles. The largest absolute Gasteiger partial charge is 0.496 e. The lowest BCUT2D eigenvalue weighted by molar-refractivity contribution is -0.384. The summed E-state index contributed by atoms with van der Waals surface area (Å²) in [6.45, 7) is 0. The van der Waals surface area contributed by atoms with Crippen molar-refractivity contribution in [2.45, 2.75) is 18.9 Å². The monoisotopic (exact) mass is 408 g/mol. The van der Waals surface area contributed by atoms with Crippen LogP contribution < -0.4 is 10.1 Å². The second-order valence-corrected chi connectivity index (χ2v) is 6.01. The van der Waals surface area contributed by atoms with Crippen LogP contribution in [-0.2, 0) is 27.2 Å². The van der Waals surface area contributed by atoms with Crippen LogP contribution in [0.3, 0.4) is 0 Å². The Bertz CT molecular complexity index is 935. The summed E-state index contributed by atoms with van der Waals surface area (Å²) in [5, 5.41) is 13.4. The fraction of sp³-hybridized carbons (Fsp3) is 0.263. The number of amides is 1. The van der Waals surface area contributed by atoms with E-state index in [0.717, 1.165) is 19.2 Å². The zero-order valence-electron chi connectivity index (χ0n) is 15.6. The van der Waals surface area contributed by atoms with Crippen molar-refractivity contribution in [2.24, 2.45) is 0 Å². The lowest BCUT2D eigenvalue weighted by Crippen LogP contribution is -2.43. The van der Waals surface area contributed by atoms with Gasteiger partial charge >= 0.3 is 5.97 Å². The van der Waals surface area contributed by atoms with Crippen molar-refractivity contribution >= 4 is 17.6 Å². The molecule has 0 aliphatic carbocycles. The number of benzene rings is 2. The van der Waals surface area contributed by atoms with E-state index in [1.165, 1.54) is 25.3 Å². The highest BCUT2D eigenvalue weighted by atomic mass is 19.1. The number of halogens is 2. The summed E-state index contributed by atoms with van der Waals surface area (Å²) in [7, 11) is 2.47. The Morgan fingerprint density at radius 1 is 1.14 bits per heavy atom. The number of ether oxygens (including phenoxy) is 2. The third kappa shape index (κ3) is 5.71. The zero-order valence-corrected chi connectivity index (χ0v) is 15.6. The van der Waals surface area contributed by atoms with Crippen LogP contribution in [0.1, 0.15) is 11.1 Å². The minimum atomic E-state index is -1.20. The van der Waals surface area contributed by atoms with Crippen molar-refractivity contribution in [1.82, 2.24) is 5.32 Å². The van der Waals surface area contributed by atoms with Gasteiger partial charge in [-0.2, -0.15) is 0 Å². The molecule has 2 rings (SSSR count). The SMILES string of the molecule is COC(=O)[C@@H](Cc1cc([N+](=O)[O-])ccc1OC)NC(=O)Cc1ccc(F)cc1F. The number of carbonyl (C=O) groups excluding carboxylic acids is 2. The number of carbonyl (C=O) groups is 2. The summed E-state index contributed by atoms with van der Waals surface area (Å²) < 4.78 is 36.6. The molecule has 0 saturated heterocycles. The van der Waals surface area contributed by atoms with Gasteiger partial charge in [-0.25, -0.2) is 13.6 Å². The van der Waals surface area contributed by atoms with Crippen LogP contribution in [0.2, 0.25) is 0 Å². The molecular formula is C19H18F2N2O6. The van der Waals surface area contributed by atoms with Gasteiger partial charge in [0.2, 0.25) is 5.91 Å². The third-order valence-corrected chi connectivity index (χ3v) is 4.09. The molecule has 0 aliphatic rings. The molecule has 2 aromatic rings. The molecule has 8 nitrogen and oxygen atoms in total. The molecule has 29 heavy (non-hydrogen) atoms. The molecule has 10 heteroatoms. The maximum Gasteiger partial charge on any atom is 0.328 e. The zero-order chi connectivity index (χ0) is 21.6. The van der Waals surface area contributed by atoms with Gasteiger partial charge in [-0.1, -0.05) is 6.07 Å². The predicted molar refractivity (Wildman–Crippen MR) is 97.4 cm³/mol. The molecule has 1 amide bonds. The van der Waals surface area contributed by atoms with E-state index in [1.807, 2.05) is 0 Å². The molecular weight excluding hydrogens is 390 g/mol. The second kappa shape index (κ2) is 9.58. The normalized spacial score (nSPS) is 11.4. The first-order chi connectivity index (χ1) is 13.7. The molecule has 0 heterocycles. The molecule has 0 aliphatic heterocycles. The van der Waals surface area contributed by atoms with E-state index in [-0.39, 0.29) is 23.4 Å². The Kier molecular flexibility index (Phi) is 7.18. The van der Waals surface area contributed by atoms with Gasteiger partial charge in [0.25, 0.3) is 5.69 Å². The molecule has 0 radical (unpaired) electrons. The summed E-state index contributed by atoms with van der Waals surface area (Å²) in [5.74, 6) is -2.91. The first kappa shape index (κ1) is 21.7. The summed E-state index contributed by atoms with van der Waals surface area (Å²) in [6, 6.07) is 5.42. The smallest absolute Gasteiger partial charge is 0.328 e. The fourth-order valence-electron chi connectivity index (χ4n) is 2.68. The van der Waals surface area contributed by atoms with Gasteiger partial charge in [-0.15, -0.1) is 0 Å². The van der Waals surface area contributed by atoms with Gasteiger partial charge in [0, 0.05) is 30.2 Å². The van der Waals surface area contributed by atoms with Crippen molar-refractivity contribution in [3.05, 3.63) is 69.3 Å². The molecule has 0 unspecified atom stereocenters. The van der Waals surface area contributed by atoms with E-state index in [4.69, 9.17) is 4.74 Å². The lowest BCUT2D eigenvalue weighted by atomic mass is 10.0. The predicted octanol–water partition coefficient (Wildman–Crippen LogP) is 2.32. The average Bonchev–Trinajstić information content (AvgIpc) is 2.68. The summed E-state index contributed by atoms with van der Waals surface area (Å²) in [6.07, 6.45) is -0.596. The van der Waals surface area contributed by atoms with Crippen molar-refractivity contribution < 1.29 is 32.8 Å². The summed E-state index contributed by atoms with van der Waals surface area (Å²) >= 11 is 0. The number of methoxy groups -OCH3 is 2. The number of esters is 1. The molecule has 0 fully saturated rings. The number of non-ortho nitro benzene ring substituents is 1. The topological polar surface area (TPSA) is 108 Å². The molecule has 0 aromatic heterocycles. The number of rotatable bonds is 8. The van der Waals surface area contributed by atoms with Gasteiger partial charge in [-0.05, 0) is 17.7 Å². The van der Waals surface area contributed by atoms with Crippen LogP contribution in [0.5, 0.6) is 5.75 Å². The van der Waals surface area contributed by atoms with Gasteiger partial charge in [-0.3, -0.25) is 14.9 Å². The van der Waals surface area contributed by atoms with Crippen LogP contribution in [-0.4, -0.2) is 37.1 Å². The van der Waals surface area contributed by atoms with Gasteiger partial charge in [0.15, 0.2) is 0 Å². The first-order valence-corrected chi connectivity index (χ1v) is 8.37. The average molecular weight is 408 g/mol. The number of nitro groups is 1. The standard InChI is InChI=1S/C19H18F2N2O6/c1-28-17-6-5-14(23(26)27)7-12(17)8-16(19(25)29-2)22-18(24)9-11-3-4-13(20)10-15(11)21/h3-7,10,16H,8-9H2,1-2H3,(H,22,24)/t16-/m1/s1. The maximum atomic E-state index is 13.7. The third-order valence-electron chi connectivity index (χ3n) is 4.09. The number of hydrogen-bond donors (Lipinski definition) is 1. The Balaban J connectivity index is 2.21. The van der Waals surface area contributed by atoms with E-state index in [0.29, 0.717) is 11.6 Å². The van der Waals surface area contributed by atoms with Gasteiger partial charge in [0.1, 0.15) is 23.4 Å². The van der Waals surface area contributed by atoms with Crippen LogP contribution in [0.4, 0.5) is 14.5 Å². The quantitative estimate of drug-likeness (QED) is 0.408. The highest BCUT2D eigenvalue weighted by Gasteiger charge is 2.25. The van der Waals surface area contributed by atoms with Crippen molar-refractivity contribution in [3.63, 3.8) is 0 Å². The van der Waals surface area contributed by atoms with E-state index in [1.54, 1.807) is 0 Å². The number of hydrogen-bond acceptors (Lipinski definition) is 6. The van der Waals surface area contributed by atoms with E-state index >= 15 is 0 Å². The molecule has 0 spiro atoms. The summed E-state index contributed by atoms with van der Waals surface area (Å²) in [5.41, 5.74) is 0.0231.